The molecule has 4 atom stereocenters. The number of hydrogen-bond acceptors (Lipinski definition) is 10. The van der Waals surface area contributed by atoms with Gasteiger partial charge in [-0.05, 0) is 48.4 Å². The van der Waals surface area contributed by atoms with Gasteiger partial charge in [0.15, 0.2) is 23.7 Å². The van der Waals surface area contributed by atoms with Crippen molar-refractivity contribution in [3.63, 3.8) is 0 Å². The van der Waals surface area contributed by atoms with Gasteiger partial charge in [0.05, 0.1) is 26.8 Å². The molecule has 1 saturated heterocycles. The molecule has 2 aliphatic heterocycles. The molecular formula is C30H41N2O12+. The second-order valence-corrected chi connectivity index (χ2v) is 10.4. The number of quaternary nitrogens is 1. The van der Waals surface area contributed by atoms with Gasteiger partial charge in [-0.25, -0.2) is 9.59 Å². The lowest BCUT2D eigenvalue weighted by molar-refractivity contribution is -0.889. The Kier molecular flexibility index (Phi) is 13.5. The van der Waals surface area contributed by atoms with E-state index in [2.05, 4.69) is 5.32 Å². The zero-order valence-corrected chi connectivity index (χ0v) is 24.5. The molecule has 0 radical (unpaired) electrons. The fraction of sp³-hybridized carbons (Fsp3) is 0.500. The van der Waals surface area contributed by atoms with Crippen LogP contribution in [0.3, 0.4) is 0 Å². The molecule has 14 nitrogen and oxygen atoms in total. The molecule has 7 N–H and O–H groups in total. The van der Waals surface area contributed by atoms with Crippen LogP contribution in [0.5, 0.6) is 23.0 Å². The van der Waals surface area contributed by atoms with E-state index < -0.39 is 30.3 Å². The molecule has 14 heteroatoms. The van der Waals surface area contributed by atoms with E-state index in [1.165, 1.54) is 17.7 Å². The molecule has 1 amide bonds. The largest absolute Gasteiger partial charge is 0.497 e. The number of nitrogens with one attached hydrogen (secondary N) is 2. The lowest BCUT2D eigenvalue weighted by Crippen LogP contribution is -3.11. The Labute approximate surface area is 254 Å². The van der Waals surface area contributed by atoms with Crippen LogP contribution in [0.15, 0.2) is 42.5 Å². The number of rotatable bonds is 14. The van der Waals surface area contributed by atoms with Crippen LogP contribution >= 0.6 is 0 Å². The molecule has 242 valence electrons. The maximum Gasteiger partial charge on any atom is 0.335 e. The number of carboxylic acids is 2. The predicted molar refractivity (Wildman–Crippen MR) is 154 cm³/mol. The van der Waals surface area contributed by atoms with Crippen molar-refractivity contribution in [1.29, 1.82) is 0 Å². The second kappa shape index (κ2) is 17.3. The van der Waals surface area contributed by atoms with E-state index >= 15 is 0 Å². The number of aliphatic hydroxyl groups is 3. The molecule has 0 aromatic heterocycles. The van der Waals surface area contributed by atoms with E-state index in [0.29, 0.717) is 50.7 Å². The molecule has 2 aliphatic rings. The summed E-state index contributed by atoms with van der Waals surface area (Å²) in [5.41, 5.74) is 0.719. The molecule has 0 saturated carbocycles. The second-order valence-electron chi connectivity index (χ2n) is 10.4. The topological polar surface area (TPSA) is 206 Å². The number of hydrogen-bond donors (Lipinski definition) is 7. The SMILES string of the molecule is COc1ccc(OCCCC(=O)N[C@H](C[NH+]2CCCC2)[C@H](O)c2ccc3c(c2)OCCO3)cc1.O=C(O)[C@@H](O)[C@H](O)C(=O)O. The summed E-state index contributed by atoms with van der Waals surface area (Å²) in [5, 5.41) is 46.8. The van der Waals surface area contributed by atoms with Gasteiger partial charge in [-0.3, -0.25) is 4.79 Å². The first-order chi connectivity index (χ1) is 21.1. The number of carbonyl (C=O) groups is 3. The summed E-state index contributed by atoms with van der Waals surface area (Å²) < 4.78 is 22.1. The minimum absolute atomic E-state index is 0.0847. The zero-order valence-electron chi connectivity index (χ0n) is 24.5. The summed E-state index contributed by atoms with van der Waals surface area (Å²) in [6.07, 6.45) is -2.09. The minimum atomic E-state index is -2.27. The molecule has 0 unspecified atom stereocenters. The van der Waals surface area contributed by atoms with Crippen molar-refractivity contribution in [2.75, 3.05) is 46.6 Å². The third kappa shape index (κ3) is 10.6. The molecule has 2 aromatic carbocycles. The van der Waals surface area contributed by atoms with Crippen molar-refractivity contribution in [2.45, 2.75) is 50.0 Å². The zero-order chi connectivity index (χ0) is 32.1. The Balaban J connectivity index is 0.000000456. The van der Waals surface area contributed by atoms with Gasteiger partial charge in [-0.15, -0.1) is 0 Å². The predicted octanol–water partition coefficient (Wildman–Crippen LogP) is -0.600. The van der Waals surface area contributed by atoms with Gasteiger partial charge in [0.1, 0.15) is 43.4 Å². The average molecular weight is 622 g/mol. The van der Waals surface area contributed by atoms with Crippen molar-refractivity contribution in [3.8, 4) is 23.0 Å². The smallest absolute Gasteiger partial charge is 0.335 e. The molecular weight excluding hydrogens is 580 g/mol. The number of methoxy groups -OCH3 is 1. The monoisotopic (exact) mass is 621 g/mol. The fourth-order valence-corrected chi connectivity index (χ4v) is 4.75. The summed E-state index contributed by atoms with van der Waals surface area (Å²) in [6.45, 7) is 4.26. The van der Waals surface area contributed by atoms with Gasteiger partial charge in [-0.1, -0.05) is 6.07 Å². The maximum absolute atomic E-state index is 12.7. The number of likely N-dealkylation sites (tertiary alicyclic amines) is 1. The van der Waals surface area contributed by atoms with Crippen LogP contribution in [0.1, 0.15) is 37.4 Å². The van der Waals surface area contributed by atoms with E-state index in [1.54, 1.807) is 7.11 Å². The highest BCUT2D eigenvalue weighted by molar-refractivity contribution is 5.83. The van der Waals surface area contributed by atoms with Gasteiger partial charge in [0.25, 0.3) is 0 Å². The number of fused-ring (bicyclic) bond motifs is 1. The summed E-state index contributed by atoms with van der Waals surface area (Å²) in [4.78, 5) is 33.7. The molecule has 1 fully saturated rings. The van der Waals surface area contributed by atoms with Gasteiger partial charge >= 0.3 is 11.9 Å². The standard InChI is InChI=1S/C26H34N2O6.C4H6O6/c1-31-20-7-9-21(10-8-20)32-14-4-5-25(29)27-22(18-28-12-2-3-13-28)26(30)19-6-11-23-24(17-19)34-16-15-33-23;5-1(3(7)8)2(6)4(9)10/h6-11,17,22,26,30H,2-5,12-16,18H2,1H3,(H,27,29);1-2,5-6H,(H,7,8)(H,9,10)/p+1/t22-,26-;1-,2-/m10/s1. The summed E-state index contributed by atoms with van der Waals surface area (Å²) in [5.74, 6) is -0.787. The highest BCUT2D eigenvalue weighted by Gasteiger charge is 2.30. The molecule has 2 heterocycles. The number of amides is 1. The highest BCUT2D eigenvalue weighted by atomic mass is 16.6. The number of aliphatic carboxylic acids is 2. The normalized spacial score (nSPS) is 16.8. The lowest BCUT2D eigenvalue weighted by Gasteiger charge is -2.27. The van der Waals surface area contributed by atoms with E-state index in [1.807, 2.05) is 42.5 Å². The Hall–Kier alpha value is -4.11. The van der Waals surface area contributed by atoms with Crippen LogP contribution in [0, 0.1) is 0 Å². The van der Waals surface area contributed by atoms with E-state index in [9.17, 15) is 19.5 Å². The minimum Gasteiger partial charge on any atom is -0.497 e. The van der Waals surface area contributed by atoms with Gasteiger partial charge in [0, 0.05) is 19.3 Å². The Morgan fingerprint density at radius 2 is 1.48 bits per heavy atom. The third-order valence-corrected chi connectivity index (χ3v) is 7.14. The van der Waals surface area contributed by atoms with E-state index in [-0.39, 0.29) is 11.9 Å². The van der Waals surface area contributed by atoms with Crippen LogP contribution in [0.4, 0.5) is 0 Å². The fourth-order valence-electron chi connectivity index (χ4n) is 4.75. The van der Waals surface area contributed by atoms with E-state index in [0.717, 1.165) is 30.2 Å². The number of ether oxygens (including phenoxy) is 4. The quantitative estimate of drug-likeness (QED) is 0.132. The van der Waals surface area contributed by atoms with Crippen molar-refractivity contribution in [3.05, 3.63) is 48.0 Å². The number of benzene rings is 2. The van der Waals surface area contributed by atoms with Gasteiger partial charge in [0.2, 0.25) is 5.91 Å². The van der Waals surface area contributed by atoms with Crippen molar-refractivity contribution >= 4 is 17.8 Å². The lowest BCUT2D eigenvalue weighted by atomic mass is 10.0. The van der Waals surface area contributed by atoms with Crippen LogP contribution in [-0.2, 0) is 14.4 Å². The molecule has 0 spiro atoms. The van der Waals surface area contributed by atoms with Crippen molar-refractivity contribution in [2.24, 2.45) is 0 Å². The average Bonchev–Trinajstić information content (AvgIpc) is 3.55. The number of carboxylic acid groups (broad SMARTS) is 2. The van der Waals surface area contributed by atoms with Crippen molar-refractivity contribution in [1.82, 2.24) is 5.32 Å². The first-order valence-corrected chi connectivity index (χ1v) is 14.4. The molecule has 0 bridgehead atoms. The Morgan fingerprint density at radius 1 is 0.886 bits per heavy atom. The van der Waals surface area contributed by atoms with Crippen LogP contribution in [0.2, 0.25) is 0 Å². The van der Waals surface area contributed by atoms with Crippen LogP contribution in [0.25, 0.3) is 0 Å². The molecule has 0 aliphatic carbocycles. The summed E-state index contributed by atoms with van der Waals surface area (Å²) in [6, 6.07) is 12.5. The summed E-state index contributed by atoms with van der Waals surface area (Å²) >= 11 is 0. The van der Waals surface area contributed by atoms with Crippen LogP contribution < -0.4 is 29.2 Å². The Bertz CT molecular complexity index is 1200. The van der Waals surface area contributed by atoms with E-state index in [4.69, 9.17) is 39.4 Å². The van der Waals surface area contributed by atoms with Crippen molar-refractivity contribution < 1.29 is 63.8 Å². The first kappa shape index (κ1) is 34.4. The Morgan fingerprint density at radius 3 is 2.07 bits per heavy atom. The number of carbonyl (C=O) groups excluding carboxylic acids is 1. The van der Waals surface area contributed by atoms with Gasteiger partial charge in [-0.2, -0.15) is 0 Å². The van der Waals surface area contributed by atoms with Crippen LogP contribution in [-0.4, -0.2) is 108 Å². The molecule has 2 aromatic rings. The number of aliphatic hydroxyl groups excluding tert-OH is 3. The van der Waals surface area contributed by atoms with Gasteiger partial charge < -0.3 is 54.7 Å². The summed E-state index contributed by atoms with van der Waals surface area (Å²) in [7, 11) is 1.62. The highest BCUT2D eigenvalue weighted by Crippen LogP contribution is 2.33. The maximum atomic E-state index is 12.7. The molecule has 44 heavy (non-hydrogen) atoms. The third-order valence-electron chi connectivity index (χ3n) is 7.14. The molecule has 4 rings (SSSR count). The first-order valence-electron chi connectivity index (χ1n) is 14.4.